The molecule has 1 saturated carbocycles. The molecule has 0 heterocycles. The molecule has 7 N–H and O–H groups in total. The van der Waals surface area contributed by atoms with E-state index in [1.165, 1.54) is 31.1 Å². The average Bonchev–Trinajstić information content (AvgIpc) is 2.94. The van der Waals surface area contributed by atoms with E-state index in [0.29, 0.717) is 23.7 Å². The molecule has 0 radical (unpaired) electrons. The van der Waals surface area contributed by atoms with Crippen LogP contribution in [0.4, 0.5) is 20.2 Å². The fourth-order valence-corrected chi connectivity index (χ4v) is 6.91. The number of hydrogen-bond donors (Lipinski definition) is 6. The molecule has 0 aromatic heterocycles. The van der Waals surface area contributed by atoms with Crippen LogP contribution in [0.15, 0.2) is 47.2 Å². The Labute approximate surface area is 263 Å². The van der Waals surface area contributed by atoms with Crippen LogP contribution in [0, 0.1) is 11.8 Å². The molecule has 0 spiro atoms. The lowest BCUT2D eigenvalue weighted by atomic mass is 9.57. The Morgan fingerprint density at radius 2 is 1.76 bits per heavy atom. The number of nitrogens with two attached hydrogens (primary N) is 1. The third-order valence-corrected chi connectivity index (χ3v) is 8.88. The van der Waals surface area contributed by atoms with Gasteiger partial charge >= 0.3 is 6.11 Å². The summed E-state index contributed by atoms with van der Waals surface area (Å²) in [6, 6.07) is 6.38. The zero-order valence-corrected chi connectivity index (χ0v) is 25.9. The van der Waals surface area contributed by atoms with Crippen molar-refractivity contribution < 1.29 is 48.3 Å². The van der Waals surface area contributed by atoms with Crippen LogP contribution >= 0.6 is 0 Å². The Balaban J connectivity index is 1.58. The minimum atomic E-state index is -3.34. The summed E-state index contributed by atoms with van der Waals surface area (Å²) in [5, 5.41) is 49.0. The second-order valence-corrected chi connectivity index (χ2v) is 12.4. The zero-order chi connectivity index (χ0) is 34.0. The summed E-state index contributed by atoms with van der Waals surface area (Å²) in [5.41, 5.74) is 3.41. The molecule has 0 bridgehead atoms. The van der Waals surface area contributed by atoms with E-state index >= 15 is 0 Å². The minimum absolute atomic E-state index is 0.0247. The van der Waals surface area contributed by atoms with Gasteiger partial charge in [-0.3, -0.25) is 19.3 Å². The van der Waals surface area contributed by atoms with Gasteiger partial charge in [-0.1, -0.05) is 12.1 Å². The number of ketones is 2. The predicted octanol–water partition coefficient (Wildman–Crippen LogP) is 2.63. The van der Waals surface area contributed by atoms with Crippen molar-refractivity contribution in [1.82, 2.24) is 4.90 Å². The highest BCUT2D eigenvalue weighted by Crippen LogP contribution is 2.54. The van der Waals surface area contributed by atoms with E-state index in [-0.39, 0.29) is 47.7 Å². The lowest BCUT2D eigenvalue weighted by Crippen LogP contribution is -2.65. The molecule has 46 heavy (non-hydrogen) atoms. The monoisotopic (exact) mass is 642 g/mol. The largest absolute Gasteiger partial charge is 0.508 e. The maximum Gasteiger partial charge on any atom is 0.394 e. The number of alkyl halides is 2. The van der Waals surface area contributed by atoms with Gasteiger partial charge in [-0.2, -0.15) is 8.78 Å². The van der Waals surface area contributed by atoms with Gasteiger partial charge in [-0.25, -0.2) is 0 Å². The summed E-state index contributed by atoms with van der Waals surface area (Å²) in [7, 11) is 6.59. The Bertz CT molecular complexity index is 1700. The van der Waals surface area contributed by atoms with Crippen molar-refractivity contribution in [3.63, 3.8) is 0 Å². The molecule has 0 aliphatic heterocycles. The predicted molar refractivity (Wildman–Crippen MR) is 164 cm³/mol. The first-order valence-electron chi connectivity index (χ1n) is 14.5. The summed E-state index contributed by atoms with van der Waals surface area (Å²) in [5.74, 6) is -7.30. The van der Waals surface area contributed by atoms with Crippen molar-refractivity contribution in [2.45, 2.75) is 44.1 Å². The number of ether oxygens (including phenoxy) is 1. The fourth-order valence-electron chi connectivity index (χ4n) is 6.91. The van der Waals surface area contributed by atoms with Crippen molar-refractivity contribution in [3.8, 4) is 11.5 Å². The number of amides is 1. The van der Waals surface area contributed by atoms with Crippen LogP contribution < -0.4 is 20.7 Å². The first-order valence-corrected chi connectivity index (χ1v) is 14.5. The van der Waals surface area contributed by atoms with E-state index < -0.39 is 64.2 Å². The molecule has 5 rings (SSSR count). The van der Waals surface area contributed by atoms with Gasteiger partial charge in [-0.05, 0) is 62.2 Å². The lowest BCUT2D eigenvalue weighted by molar-refractivity contribution is -0.159. The number of phenols is 1. The van der Waals surface area contributed by atoms with E-state index in [9.17, 15) is 43.6 Å². The number of aromatic hydroxyl groups is 1. The number of halogens is 2. The summed E-state index contributed by atoms with van der Waals surface area (Å²) in [4.78, 5) is 42.8. The number of aliphatic hydroxyl groups is 3. The Morgan fingerprint density at radius 3 is 2.30 bits per heavy atom. The molecule has 4 atom stereocenters. The third-order valence-electron chi connectivity index (χ3n) is 8.88. The first-order chi connectivity index (χ1) is 21.4. The van der Waals surface area contributed by atoms with E-state index in [1.807, 2.05) is 0 Å². The molecule has 1 amide bonds. The van der Waals surface area contributed by atoms with Gasteiger partial charge in [0.1, 0.15) is 28.6 Å². The zero-order valence-electron chi connectivity index (χ0n) is 25.9. The molecule has 3 aliphatic rings. The molecule has 12 nitrogen and oxygen atoms in total. The summed E-state index contributed by atoms with van der Waals surface area (Å²) < 4.78 is 30.9. The number of phenolic OH excluding ortho intramolecular Hbond substituents is 1. The van der Waals surface area contributed by atoms with Crippen LogP contribution in [0.1, 0.15) is 30.0 Å². The Kier molecular flexibility index (Phi) is 8.02. The normalized spacial score (nSPS) is 24.4. The number of likely N-dealkylation sites (N-methyl/N-ethyl adjacent to an activating group) is 1. The number of benzene rings is 2. The Hall–Kier alpha value is -4.69. The van der Waals surface area contributed by atoms with Crippen molar-refractivity contribution in [1.29, 1.82) is 0 Å². The van der Waals surface area contributed by atoms with E-state index in [4.69, 9.17) is 5.73 Å². The van der Waals surface area contributed by atoms with Crippen LogP contribution in [0.3, 0.4) is 0 Å². The van der Waals surface area contributed by atoms with Crippen LogP contribution in [0.25, 0.3) is 5.76 Å². The van der Waals surface area contributed by atoms with Gasteiger partial charge in [0.25, 0.3) is 5.91 Å². The standard InChI is InChI=1S/C32H36F2N4O8/c1-31(33,34)46-16-8-6-14(7-9-16)13-36-19-12-20(37(2)3)17-10-15-11-18-24(38(4)5)27(41)23(30(35)44)29(43)32(18,45)28(42)21(15)26(40)22(17)25(19)39/h6-9,12,15,18,24,36,39-40,43,45H,10-11,13H2,1-5H3,(H2,35,44)/t15-,18-,24?,32-/m0/s1. The number of anilines is 2. The number of carbonyl (C=O) groups excluding carboxylic acids is 3. The van der Waals surface area contributed by atoms with Crippen LogP contribution in [0.2, 0.25) is 0 Å². The molecule has 1 unspecified atom stereocenters. The second-order valence-electron chi connectivity index (χ2n) is 12.4. The molecule has 2 aromatic carbocycles. The van der Waals surface area contributed by atoms with Crippen molar-refractivity contribution in [2.75, 3.05) is 38.4 Å². The highest BCUT2D eigenvalue weighted by Gasteiger charge is 2.64. The number of Topliss-reactive ketones (excluding diaryl/α,β-unsaturated/α-hetero) is 2. The molecular formula is C32H36F2N4O8. The molecule has 14 heteroatoms. The van der Waals surface area contributed by atoms with Crippen LogP contribution in [-0.4, -0.2) is 88.7 Å². The number of fused-ring (bicyclic) bond motifs is 3. The molecule has 3 aliphatic carbocycles. The van der Waals surface area contributed by atoms with E-state index in [0.717, 1.165) is 0 Å². The SMILES string of the molecule is CN(C)c1cc(NCc2ccc(OC(C)(F)F)cc2)c(O)c2c1C[C@H]1C[C@H]3C(N(C)C)C(=O)C(C(N)=O)=C(O)[C@@]3(O)C(=O)C1=C2O. The number of primary amides is 1. The van der Waals surface area contributed by atoms with Crippen LogP contribution in [0.5, 0.6) is 11.5 Å². The van der Waals surface area contributed by atoms with Crippen molar-refractivity contribution in [2.24, 2.45) is 17.6 Å². The number of hydrogen-bond acceptors (Lipinski definition) is 11. The maximum absolute atomic E-state index is 14.1. The first kappa shape index (κ1) is 32.7. The fraction of sp³-hybridized carbons (Fsp3) is 0.406. The number of aliphatic hydroxyl groups excluding tert-OH is 2. The van der Waals surface area contributed by atoms with E-state index in [1.54, 1.807) is 37.2 Å². The lowest BCUT2D eigenvalue weighted by Gasteiger charge is -2.50. The summed E-state index contributed by atoms with van der Waals surface area (Å²) in [6.07, 6.45) is -3.23. The molecular weight excluding hydrogens is 606 g/mol. The average molecular weight is 643 g/mol. The quantitative estimate of drug-likeness (QED) is 0.184. The molecule has 0 saturated heterocycles. The number of nitrogens with zero attached hydrogens (tertiary/aromatic N) is 2. The van der Waals surface area contributed by atoms with Gasteiger partial charge in [-0.15, -0.1) is 0 Å². The van der Waals surface area contributed by atoms with Gasteiger partial charge in [0.15, 0.2) is 11.4 Å². The molecule has 2 aromatic rings. The van der Waals surface area contributed by atoms with Crippen molar-refractivity contribution in [3.05, 3.63) is 63.9 Å². The molecule has 246 valence electrons. The third kappa shape index (κ3) is 5.20. The van der Waals surface area contributed by atoms with Gasteiger partial charge in [0.05, 0.1) is 17.3 Å². The molecule has 1 fully saturated rings. The summed E-state index contributed by atoms with van der Waals surface area (Å²) in [6.45, 7) is 0.765. The Morgan fingerprint density at radius 1 is 1.13 bits per heavy atom. The number of nitrogens with one attached hydrogen (secondary N) is 1. The maximum atomic E-state index is 14.1. The van der Waals surface area contributed by atoms with E-state index in [2.05, 4.69) is 10.1 Å². The smallest absolute Gasteiger partial charge is 0.394 e. The summed E-state index contributed by atoms with van der Waals surface area (Å²) >= 11 is 0. The number of carbonyl (C=O) groups is 3. The van der Waals surface area contributed by atoms with Gasteiger partial charge in [0.2, 0.25) is 5.78 Å². The topological polar surface area (TPSA) is 186 Å². The van der Waals surface area contributed by atoms with Gasteiger partial charge < -0.3 is 41.1 Å². The highest BCUT2D eigenvalue weighted by molar-refractivity contribution is 6.24. The number of rotatable bonds is 8. The van der Waals surface area contributed by atoms with Gasteiger partial charge in [0, 0.05) is 44.7 Å². The minimum Gasteiger partial charge on any atom is -0.508 e. The van der Waals surface area contributed by atoms with Crippen molar-refractivity contribution >= 4 is 34.6 Å². The second kappa shape index (κ2) is 11.3. The highest BCUT2D eigenvalue weighted by atomic mass is 19.3. The van der Waals surface area contributed by atoms with Crippen LogP contribution in [-0.2, 0) is 27.3 Å².